The Morgan fingerprint density at radius 3 is 3.00 bits per heavy atom. The minimum atomic E-state index is -0.421. The molecule has 0 radical (unpaired) electrons. The van der Waals surface area contributed by atoms with Gasteiger partial charge in [-0.05, 0) is 17.5 Å². The Morgan fingerprint density at radius 2 is 2.21 bits per heavy atom. The average molecular weight is 259 g/mol. The standard InChI is InChI=1S/C15H17NO3/c1-19-15(18)12-9-16-7-6-10-4-2-3-5-11(10)13(16)8-14(12)17/h2-5,13,17H,6-9H2,1H3/t13-/m1/s1. The summed E-state index contributed by atoms with van der Waals surface area (Å²) in [5, 5.41) is 10.1. The summed E-state index contributed by atoms with van der Waals surface area (Å²) < 4.78 is 4.73. The minimum Gasteiger partial charge on any atom is -0.512 e. The molecule has 0 spiro atoms. The highest BCUT2D eigenvalue weighted by atomic mass is 16.5. The van der Waals surface area contributed by atoms with Crippen LogP contribution in [-0.2, 0) is 16.0 Å². The number of benzene rings is 1. The molecule has 1 atom stereocenters. The van der Waals surface area contributed by atoms with Crippen LogP contribution in [0.15, 0.2) is 35.6 Å². The van der Waals surface area contributed by atoms with E-state index in [0.29, 0.717) is 18.5 Å². The van der Waals surface area contributed by atoms with E-state index < -0.39 is 5.97 Å². The van der Waals surface area contributed by atoms with E-state index in [2.05, 4.69) is 17.0 Å². The second-order valence-electron chi connectivity index (χ2n) is 5.06. The summed E-state index contributed by atoms with van der Waals surface area (Å²) in [7, 11) is 1.35. The summed E-state index contributed by atoms with van der Waals surface area (Å²) in [4.78, 5) is 13.9. The molecule has 0 aromatic heterocycles. The molecule has 4 nitrogen and oxygen atoms in total. The van der Waals surface area contributed by atoms with Crippen LogP contribution in [-0.4, -0.2) is 36.2 Å². The van der Waals surface area contributed by atoms with Crippen LogP contribution in [0.4, 0.5) is 0 Å². The molecular weight excluding hydrogens is 242 g/mol. The third kappa shape index (κ3) is 2.02. The molecule has 0 fully saturated rings. The van der Waals surface area contributed by atoms with Gasteiger partial charge in [-0.2, -0.15) is 0 Å². The molecule has 100 valence electrons. The minimum absolute atomic E-state index is 0.171. The van der Waals surface area contributed by atoms with Crippen LogP contribution in [0.5, 0.6) is 0 Å². The monoisotopic (exact) mass is 259 g/mol. The zero-order chi connectivity index (χ0) is 13.4. The second-order valence-corrected chi connectivity index (χ2v) is 5.06. The van der Waals surface area contributed by atoms with Crippen molar-refractivity contribution in [3.05, 3.63) is 46.7 Å². The van der Waals surface area contributed by atoms with Crippen LogP contribution >= 0.6 is 0 Å². The van der Waals surface area contributed by atoms with Crippen LogP contribution < -0.4 is 0 Å². The summed E-state index contributed by atoms with van der Waals surface area (Å²) in [6, 6.07) is 8.51. The Labute approximate surface area is 112 Å². The highest BCUT2D eigenvalue weighted by Gasteiger charge is 2.35. The third-order valence-electron chi connectivity index (χ3n) is 4.05. The van der Waals surface area contributed by atoms with E-state index in [1.54, 1.807) is 0 Å². The SMILES string of the molecule is COC(=O)C1=C(O)C[C@@H]2c3ccccc3CCN2C1. The van der Waals surface area contributed by atoms with Crippen molar-refractivity contribution in [2.45, 2.75) is 18.9 Å². The van der Waals surface area contributed by atoms with Gasteiger partial charge in [0, 0.05) is 25.6 Å². The Balaban J connectivity index is 1.95. The summed E-state index contributed by atoms with van der Waals surface area (Å²) in [6.45, 7) is 1.38. The second kappa shape index (κ2) is 4.70. The molecule has 1 aromatic carbocycles. The van der Waals surface area contributed by atoms with E-state index in [4.69, 9.17) is 4.74 Å². The van der Waals surface area contributed by atoms with Crippen molar-refractivity contribution in [3.63, 3.8) is 0 Å². The van der Waals surface area contributed by atoms with Crippen LogP contribution in [0.1, 0.15) is 23.6 Å². The lowest BCUT2D eigenvalue weighted by atomic mass is 9.87. The Kier molecular flexibility index (Phi) is 3.03. The maximum atomic E-state index is 11.6. The van der Waals surface area contributed by atoms with Crippen molar-refractivity contribution in [2.75, 3.05) is 20.2 Å². The number of rotatable bonds is 1. The lowest BCUT2D eigenvalue weighted by Crippen LogP contribution is -2.41. The first-order chi connectivity index (χ1) is 9.20. The van der Waals surface area contributed by atoms with E-state index in [1.807, 2.05) is 12.1 Å². The number of ether oxygens (including phenoxy) is 1. The normalized spacial score (nSPS) is 22.7. The fourth-order valence-corrected chi connectivity index (χ4v) is 3.04. The fourth-order valence-electron chi connectivity index (χ4n) is 3.04. The van der Waals surface area contributed by atoms with E-state index in [1.165, 1.54) is 18.2 Å². The Morgan fingerprint density at radius 1 is 1.42 bits per heavy atom. The highest BCUT2D eigenvalue weighted by molar-refractivity contribution is 5.89. The Bertz CT molecular complexity index is 550. The van der Waals surface area contributed by atoms with E-state index in [0.717, 1.165) is 13.0 Å². The molecular formula is C15H17NO3. The molecule has 1 aromatic rings. The number of carbonyl (C=O) groups is 1. The van der Waals surface area contributed by atoms with Crippen LogP contribution in [0.2, 0.25) is 0 Å². The van der Waals surface area contributed by atoms with Crippen LogP contribution in [0.25, 0.3) is 0 Å². The van der Waals surface area contributed by atoms with Gasteiger partial charge >= 0.3 is 5.97 Å². The van der Waals surface area contributed by atoms with Crippen molar-refractivity contribution in [1.29, 1.82) is 0 Å². The molecule has 19 heavy (non-hydrogen) atoms. The molecule has 1 N–H and O–H groups in total. The van der Waals surface area contributed by atoms with Gasteiger partial charge in [-0.25, -0.2) is 4.79 Å². The molecule has 0 bridgehead atoms. The predicted octanol–water partition coefficient (Wildman–Crippen LogP) is 1.97. The molecule has 4 heteroatoms. The number of methoxy groups -OCH3 is 1. The Hall–Kier alpha value is -1.81. The molecule has 0 saturated carbocycles. The van der Waals surface area contributed by atoms with Crippen molar-refractivity contribution in [1.82, 2.24) is 4.90 Å². The molecule has 0 aliphatic carbocycles. The molecule has 0 amide bonds. The number of nitrogens with zero attached hydrogens (tertiary/aromatic N) is 1. The van der Waals surface area contributed by atoms with Crippen LogP contribution in [0, 0.1) is 0 Å². The number of aliphatic hydroxyl groups is 1. The molecule has 3 rings (SSSR count). The third-order valence-corrected chi connectivity index (χ3v) is 4.05. The number of hydrogen-bond donors (Lipinski definition) is 1. The van der Waals surface area contributed by atoms with Gasteiger partial charge < -0.3 is 9.84 Å². The first-order valence-electron chi connectivity index (χ1n) is 6.52. The van der Waals surface area contributed by atoms with Crippen molar-refractivity contribution >= 4 is 5.97 Å². The van der Waals surface area contributed by atoms with Crippen molar-refractivity contribution in [3.8, 4) is 0 Å². The number of carbonyl (C=O) groups excluding carboxylic acids is 1. The van der Waals surface area contributed by atoms with Gasteiger partial charge in [-0.3, -0.25) is 4.90 Å². The zero-order valence-electron chi connectivity index (χ0n) is 10.9. The van der Waals surface area contributed by atoms with Crippen LogP contribution in [0.3, 0.4) is 0 Å². The number of aliphatic hydroxyl groups excluding tert-OH is 1. The molecule has 0 saturated heterocycles. The number of fused-ring (bicyclic) bond motifs is 3. The van der Waals surface area contributed by atoms with E-state index in [-0.39, 0.29) is 11.8 Å². The average Bonchev–Trinajstić information content (AvgIpc) is 2.45. The first kappa shape index (κ1) is 12.2. The molecule has 2 aliphatic heterocycles. The zero-order valence-corrected chi connectivity index (χ0v) is 10.9. The van der Waals surface area contributed by atoms with Crippen molar-refractivity contribution in [2.24, 2.45) is 0 Å². The van der Waals surface area contributed by atoms with Gasteiger partial charge in [0.15, 0.2) is 0 Å². The summed E-state index contributed by atoms with van der Waals surface area (Å²) in [5.41, 5.74) is 3.01. The maximum absolute atomic E-state index is 11.6. The quantitative estimate of drug-likeness (QED) is 0.783. The number of hydrogen-bond acceptors (Lipinski definition) is 4. The summed E-state index contributed by atoms with van der Waals surface area (Å²) >= 11 is 0. The highest BCUT2D eigenvalue weighted by Crippen LogP contribution is 2.38. The molecule has 0 unspecified atom stereocenters. The van der Waals surface area contributed by atoms with Gasteiger partial charge in [-0.1, -0.05) is 24.3 Å². The van der Waals surface area contributed by atoms with Gasteiger partial charge in [0.25, 0.3) is 0 Å². The number of esters is 1. The smallest absolute Gasteiger partial charge is 0.338 e. The lowest BCUT2D eigenvalue weighted by molar-refractivity contribution is -0.137. The first-order valence-corrected chi connectivity index (χ1v) is 6.52. The fraction of sp³-hybridized carbons (Fsp3) is 0.400. The summed E-state index contributed by atoms with van der Waals surface area (Å²) in [5.74, 6) is -0.250. The predicted molar refractivity (Wildman–Crippen MR) is 70.7 cm³/mol. The lowest BCUT2D eigenvalue weighted by Gasteiger charge is -2.40. The van der Waals surface area contributed by atoms with Crippen molar-refractivity contribution < 1.29 is 14.6 Å². The largest absolute Gasteiger partial charge is 0.512 e. The van der Waals surface area contributed by atoms with Gasteiger partial charge in [0.1, 0.15) is 5.76 Å². The van der Waals surface area contributed by atoms with E-state index >= 15 is 0 Å². The molecule has 2 heterocycles. The summed E-state index contributed by atoms with van der Waals surface area (Å²) in [6.07, 6.45) is 1.48. The van der Waals surface area contributed by atoms with Gasteiger partial charge in [0.2, 0.25) is 0 Å². The maximum Gasteiger partial charge on any atom is 0.338 e. The molecule has 2 aliphatic rings. The van der Waals surface area contributed by atoms with Gasteiger partial charge in [-0.15, -0.1) is 0 Å². The van der Waals surface area contributed by atoms with Gasteiger partial charge in [0.05, 0.1) is 12.7 Å². The van der Waals surface area contributed by atoms with E-state index in [9.17, 15) is 9.90 Å². The topological polar surface area (TPSA) is 49.8 Å².